The molecule has 6 nitrogen and oxygen atoms in total. The summed E-state index contributed by atoms with van der Waals surface area (Å²) in [5, 5.41) is 3.19. The van der Waals surface area contributed by atoms with Crippen molar-refractivity contribution in [3.8, 4) is 0 Å². The van der Waals surface area contributed by atoms with E-state index in [2.05, 4.69) is 76.0 Å². The van der Waals surface area contributed by atoms with Gasteiger partial charge in [0, 0.05) is 24.9 Å². The van der Waals surface area contributed by atoms with Gasteiger partial charge in [-0.05, 0) is 58.0 Å². The van der Waals surface area contributed by atoms with Gasteiger partial charge in [-0.25, -0.2) is 0 Å². The average Bonchev–Trinajstić information content (AvgIpc) is 3.46. The van der Waals surface area contributed by atoms with Gasteiger partial charge >= 0.3 is 0 Å². The van der Waals surface area contributed by atoms with Gasteiger partial charge in [0.05, 0.1) is 24.2 Å². The number of carbonyl (C=O) groups is 2. The third-order valence-electron chi connectivity index (χ3n) is 8.81. The Morgan fingerprint density at radius 1 is 0.692 bits per heavy atom. The van der Waals surface area contributed by atoms with Crippen LogP contribution in [0.3, 0.4) is 0 Å². The molecule has 2 aromatic carbocycles. The standard InChI is InChI=1S/C17H26N2O.C16H24N2O/c1-12(2)15-11-19(17(20)16(15)18(4)5)13(3)14-9-7-6-8-10-14;1-11(2)14-10-18(16(19)15(14)17-4)12(3)13-8-6-5-7-9-13/h6-10,12-13,15-16H,11H2,1-5H3;5-9,11-12,14-15,17H,10H2,1-4H3/t13-,15+,16-;12-,14+,15-/m00/s1. The van der Waals surface area contributed by atoms with Gasteiger partial charge in [-0.3, -0.25) is 14.5 Å². The van der Waals surface area contributed by atoms with Crippen LogP contribution in [0.2, 0.25) is 0 Å². The van der Waals surface area contributed by atoms with Crippen molar-refractivity contribution in [2.75, 3.05) is 34.2 Å². The van der Waals surface area contributed by atoms with Crippen LogP contribution in [0.4, 0.5) is 0 Å². The fourth-order valence-corrected chi connectivity index (χ4v) is 6.19. The number of carbonyl (C=O) groups excluding carboxylic acids is 2. The third-order valence-corrected chi connectivity index (χ3v) is 8.81. The summed E-state index contributed by atoms with van der Waals surface area (Å²) < 4.78 is 0. The van der Waals surface area contributed by atoms with Crippen LogP contribution < -0.4 is 5.32 Å². The van der Waals surface area contributed by atoms with Gasteiger partial charge in [-0.15, -0.1) is 0 Å². The highest BCUT2D eigenvalue weighted by atomic mass is 16.2. The fraction of sp³-hybridized carbons (Fsp3) is 0.576. The predicted molar refractivity (Wildman–Crippen MR) is 160 cm³/mol. The van der Waals surface area contributed by atoms with Crippen molar-refractivity contribution in [3.63, 3.8) is 0 Å². The zero-order valence-corrected chi connectivity index (χ0v) is 25.5. The van der Waals surface area contributed by atoms with E-state index in [9.17, 15) is 9.59 Å². The van der Waals surface area contributed by atoms with Crippen LogP contribution in [0.25, 0.3) is 0 Å². The third kappa shape index (κ3) is 6.90. The van der Waals surface area contributed by atoms with E-state index in [-0.39, 0.29) is 36.0 Å². The number of hydrogen-bond acceptors (Lipinski definition) is 4. The van der Waals surface area contributed by atoms with Crippen molar-refractivity contribution in [1.82, 2.24) is 20.0 Å². The first-order valence-electron chi connectivity index (χ1n) is 14.5. The maximum absolute atomic E-state index is 12.8. The molecule has 0 aliphatic carbocycles. The van der Waals surface area contributed by atoms with Gasteiger partial charge in [0.1, 0.15) is 0 Å². The van der Waals surface area contributed by atoms with E-state index in [1.165, 1.54) is 11.1 Å². The number of nitrogens with zero attached hydrogens (tertiary/aromatic N) is 3. The molecule has 4 rings (SSSR count). The topological polar surface area (TPSA) is 55.9 Å². The summed E-state index contributed by atoms with van der Waals surface area (Å²) in [4.78, 5) is 31.4. The van der Waals surface area contributed by atoms with Gasteiger partial charge in [-0.2, -0.15) is 0 Å². The predicted octanol–water partition coefficient (Wildman–Crippen LogP) is 5.24. The molecule has 2 heterocycles. The van der Waals surface area contributed by atoms with Gasteiger partial charge in [0.25, 0.3) is 0 Å². The summed E-state index contributed by atoms with van der Waals surface area (Å²) in [7, 11) is 5.90. The van der Waals surface area contributed by atoms with Gasteiger partial charge in [0.2, 0.25) is 11.8 Å². The average molecular weight is 535 g/mol. The molecule has 2 aliphatic heterocycles. The second-order valence-corrected chi connectivity index (χ2v) is 12.1. The molecule has 0 saturated carbocycles. The fourth-order valence-electron chi connectivity index (χ4n) is 6.19. The molecule has 6 atom stereocenters. The van der Waals surface area contributed by atoms with Gasteiger partial charge in [0.15, 0.2) is 0 Å². The summed E-state index contributed by atoms with van der Waals surface area (Å²) in [5.74, 6) is 2.32. The Balaban J connectivity index is 0.000000216. The van der Waals surface area contributed by atoms with E-state index in [1.54, 1.807) is 0 Å². The summed E-state index contributed by atoms with van der Waals surface area (Å²) in [6, 6.07) is 20.8. The molecule has 2 amide bonds. The highest BCUT2D eigenvalue weighted by molar-refractivity contribution is 5.85. The summed E-state index contributed by atoms with van der Waals surface area (Å²) in [6.45, 7) is 14.8. The molecule has 0 aromatic heterocycles. The molecule has 0 radical (unpaired) electrons. The minimum absolute atomic E-state index is 0.0150. The van der Waals surface area contributed by atoms with Crippen LogP contribution in [0.15, 0.2) is 60.7 Å². The second kappa shape index (κ2) is 13.6. The van der Waals surface area contributed by atoms with E-state index in [0.717, 1.165) is 13.1 Å². The van der Waals surface area contributed by atoms with Gasteiger partial charge < -0.3 is 15.1 Å². The Morgan fingerprint density at radius 3 is 1.44 bits per heavy atom. The second-order valence-electron chi connectivity index (χ2n) is 12.1. The van der Waals surface area contributed by atoms with Crippen LogP contribution in [-0.4, -0.2) is 72.8 Å². The molecule has 2 aliphatic rings. The first-order chi connectivity index (χ1) is 18.5. The number of rotatable bonds is 8. The SMILES string of the molecule is CC(C)[C@H]1CN([C@@H](C)c2ccccc2)C(=O)[C@H]1N(C)C.CN[C@@H]1C(=O)N([C@@H](C)c2ccccc2)C[C@@H]1C(C)C. The van der Waals surface area contributed by atoms with Crippen LogP contribution in [-0.2, 0) is 9.59 Å². The van der Waals surface area contributed by atoms with Crippen molar-refractivity contribution in [1.29, 1.82) is 0 Å². The van der Waals surface area contributed by atoms with Crippen molar-refractivity contribution < 1.29 is 9.59 Å². The smallest absolute Gasteiger partial charge is 0.240 e. The minimum Gasteiger partial charge on any atom is -0.334 e. The summed E-state index contributed by atoms with van der Waals surface area (Å²) in [5.41, 5.74) is 2.41. The maximum atomic E-state index is 12.8. The number of benzene rings is 2. The molecule has 0 bridgehead atoms. The van der Waals surface area contributed by atoms with E-state index in [1.807, 2.05) is 67.3 Å². The monoisotopic (exact) mass is 534 g/mol. The lowest BCUT2D eigenvalue weighted by atomic mass is 9.90. The van der Waals surface area contributed by atoms with E-state index in [4.69, 9.17) is 0 Å². The molecule has 2 saturated heterocycles. The highest BCUT2D eigenvalue weighted by Gasteiger charge is 2.45. The molecule has 0 spiro atoms. The molecule has 6 heteroatoms. The molecular formula is C33H50N4O2. The Bertz CT molecular complexity index is 1060. The minimum atomic E-state index is -0.0360. The summed E-state index contributed by atoms with van der Waals surface area (Å²) >= 11 is 0. The Hall–Kier alpha value is -2.70. The normalized spacial score (nSPS) is 24.9. The Labute approximate surface area is 236 Å². The number of hydrogen-bond donors (Lipinski definition) is 1. The zero-order chi connectivity index (χ0) is 28.9. The van der Waals surface area contributed by atoms with Crippen molar-refractivity contribution in [2.24, 2.45) is 23.7 Å². The largest absolute Gasteiger partial charge is 0.334 e. The van der Waals surface area contributed by atoms with Crippen molar-refractivity contribution in [3.05, 3.63) is 71.8 Å². The maximum Gasteiger partial charge on any atom is 0.240 e. The number of likely N-dealkylation sites (tertiary alicyclic amines) is 2. The lowest BCUT2D eigenvalue weighted by Gasteiger charge is -2.26. The first kappa shape index (κ1) is 30.8. The Morgan fingerprint density at radius 2 is 1.10 bits per heavy atom. The molecule has 0 unspecified atom stereocenters. The van der Waals surface area contributed by atoms with Crippen molar-refractivity contribution >= 4 is 11.8 Å². The zero-order valence-electron chi connectivity index (χ0n) is 25.5. The van der Waals surface area contributed by atoms with E-state index >= 15 is 0 Å². The van der Waals surface area contributed by atoms with Gasteiger partial charge in [-0.1, -0.05) is 88.4 Å². The number of amides is 2. The van der Waals surface area contributed by atoms with Crippen molar-refractivity contribution in [2.45, 2.75) is 65.7 Å². The Kier molecular flexibility index (Phi) is 10.7. The van der Waals surface area contributed by atoms with Crippen LogP contribution in [0, 0.1) is 23.7 Å². The molecule has 2 fully saturated rings. The lowest BCUT2D eigenvalue weighted by Crippen LogP contribution is -2.41. The van der Waals surface area contributed by atoms with Crippen LogP contribution in [0.1, 0.15) is 64.8 Å². The van der Waals surface area contributed by atoms with E-state index < -0.39 is 0 Å². The molecular weight excluding hydrogens is 484 g/mol. The number of nitrogens with one attached hydrogen (secondary N) is 1. The quantitative estimate of drug-likeness (QED) is 0.503. The van der Waals surface area contributed by atoms with Crippen LogP contribution >= 0.6 is 0 Å². The highest BCUT2D eigenvalue weighted by Crippen LogP contribution is 2.34. The lowest BCUT2D eigenvalue weighted by molar-refractivity contribution is -0.133. The van der Waals surface area contributed by atoms with E-state index in [0.29, 0.717) is 23.7 Å². The summed E-state index contributed by atoms with van der Waals surface area (Å²) in [6.07, 6.45) is 0. The molecule has 1 N–H and O–H groups in total. The first-order valence-corrected chi connectivity index (χ1v) is 14.5. The molecule has 2 aromatic rings. The number of likely N-dealkylation sites (N-methyl/N-ethyl adjacent to an activating group) is 2. The molecule has 39 heavy (non-hydrogen) atoms. The van der Waals surface area contributed by atoms with Crippen LogP contribution in [0.5, 0.6) is 0 Å². The molecule has 214 valence electrons.